The molecule has 0 fully saturated rings. The molecule has 1 heterocycles. The minimum Gasteiger partial charge on any atom is -0.344 e. The van der Waals surface area contributed by atoms with Crippen molar-refractivity contribution in [2.24, 2.45) is 0 Å². The topological polar surface area (TPSA) is 73.7 Å². The van der Waals surface area contributed by atoms with Crippen molar-refractivity contribution < 1.29 is 0 Å². The zero-order valence-electron chi connectivity index (χ0n) is 6.03. The summed E-state index contributed by atoms with van der Waals surface area (Å²) in [7, 11) is 0. The van der Waals surface area contributed by atoms with E-state index in [2.05, 4.69) is 15.0 Å². The Morgan fingerprint density at radius 2 is 1.50 bits per heavy atom. The van der Waals surface area contributed by atoms with E-state index in [1.807, 2.05) is 13.8 Å². The Bertz CT molecular complexity index is 174. The van der Waals surface area contributed by atoms with Crippen LogP contribution < -0.4 is 6.15 Å². The zero-order chi connectivity index (χ0) is 5.98. The Morgan fingerprint density at radius 1 is 1.10 bits per heavy atom. The van der Waals surface area contributed by atoms with Crippen LogP contribution in [0.1, 0.15) is 11.6 Å². The van der Waals surface area contributed by atoms with Gasteiger partial charge in [-0.3, -0.25) is 0 Å². The van der Waals surface area contributed by atoms with Crippen LogP contribution in [0.3, 0.4) is 0 Å². The molecule has 0 radical (unpaired) electrons. The minimum absolute atomic E-state index is 0. The molecule has 0 aromatic carbocycles. The van der Waals surface area contributed by atoms with Gasteiger partial charge < -0.3 is 6.15 Å². The van der Waals surface area contributed by atoms with E-state index in [1.54, 1.807) is 0 Å². The van der Waals surface area contributed by atoms with Gasteiger partial charge in [0.1, 0.15) is 18.0 Å². The van der Waals surface area contributed by atoms with E-state index in [1.165, 1.54) is 6.33 Å². The Kier molecular flexibility index (Phi) is 6.09. The first-order valence-electron chi connectivity index (χ1n) is 2.41. The molecule has 58 valence electrons. The predicted molar refractivity (Wildman–Crippen MR) is 41.6 cm³/mol. The molecular formula is C5H11ClN4. The summed E-state index contributed by atoms with van der Waals surface area (Å²) in [4.78, 5) is 11.6. The molecule has 1 aromatic heterocycles. The fraction of sp³-hybridized carbons (Fsp3) is 0.400. The lowest BCUT2D eigenvalue weighted by molar-refractivity contribution is 0.920. The summed E-state index contributed by atoms with van der Waals surface area (Å²) >= 11 is 0. The first-order chi connectivity index (χ1) is 3.79. The Morgan fingerprint density at radius 3 is 1.70 bits per heavy atom. The van der Waals surface area contributed by atoms with Gasteiger partial charge in [0.2, 0.25) is 0 Å². The van der Waals surface area contributed by atoms with E-state index in [9.17, 15) is 0 Å². The molecule has 0 amide bonds. The zero-order valence-corrected chi connectivity index (χ0v) is 6.85. The molecule has 0 saturated heterocycles. The third-order valence-corrected chi connectivity index (χ3v) is 0.813. The number of rotatable bonds is 0. The fourth-order valence-corrected chi connectivity index (χ4v) is 0.488. The highest BCUT2D eigenvalue weighted by Crippen LogP contribution is 1.83. The smallest absolute Gasteiger partial charge is 0.129 e. The monoisotopic (exact) mass is 162 g/mol. The lowest BCUT2D eigenvalue weighted by Crippen LogP contribution is -1.91. The summed E-state index contributed by atoms with van der Waals surface area (Å²) in [6.45, 7) is 3.68. The van der Waals surface area contributed by atoms with Gasteiger partial charge in [-0.05, 0) is 13.8 Å². The van der Waals surface area contributed by atoms with Gasteiger partial charge in [-0.15, -0.1) is 12.4 Å². The van der Waals surface area contributed by atoms with Gasteiger partial charge in [-0.2, -0.15) is 0 Å². The van der Waals surface area contributed by atoms with Gasteiger partial charge in [-0.1, -0.05) is 0 Å². The molecule has 0 unspecified atom stereocenters. The maximum Gasteiger partial charge on any atom is 0.129 e. The molecule has 0 atom stereocenters. The summed E-state index contributed by atoms with van der Waals surface area (Å²) < 4.78 is 0. The summed E-state index contributed by atoms with van der Waals surface area (Å²) in [5.41, 5.74) is 0. The van der Waals surface area contributed by atoms with Gasteiger partial charge in [0, 0.05) is 0 Å². The highest BCUT2D eigenvalue weighted by Gasteiger charge is 1.84. The molecule has 0 spiro atoms. The molecule has 0 aliphatic heterocycles. The van der Waals surface area contributed by atoms with E-state index >= 15 is 0 Å². The average molecular weight is 163 g/mol. The fourth-order valence-electron chi connectivity index (χ4n) is 0.488. The van der Waals surface area contributed by atoms with Crippen LogP contribution >= 0.6 is 12.4 Å². The standard InChI is InChI=1S/C5H7N3.ClH.H3N/c1-4-6-3-7-5(2)8-4;;/h3H,1-2H3;1H;1H3. The van der Waals surface area contributed by atoms with Gasteiger partial charge in [0.05, 0.1) is 0 Å². The third kappa shape index (κ3) is 3.32. The first kappa shape index (κ1) is 12.0. The number of hydrogen-bond acceptors (Lipinski definition) is 4. The van der Waals surface area contributed by atoms with Crippen LogP contribution in [0.25, 0.3) is 0 Å². The molecule has 3 N–H and O–H groups in total. The molecule has 5 heteroatoms. The Balaban J connectivity index is 0. The molecule has 0 aliphatic rings. The number of halogens is 1. The average Bonchev–Trinajstić information content (AvgIpc) is 1.64. The lowest BCUT2D eigenvalue weighted by Gasteiger charge is -1.88. The summed E-state index contributed by atoms with van der Waals surface area (Å²) in [5.74, 6) is 1.55. The van der Waals surface area contributed by atoms with E-state index in [0.29, 0.717) is 0 Å². The lowest BCUT2D eigenvalue weighted by atomic mass is 10.6. The first-order valence-corrected chi connectivity index (χ1v) is 2.41. The molecule has 10 heavy (non-hydrogen) atoms. The maximum atomic E-state index is 3.95. The molecule has 1 aromatic rings. The molecule has 0 saturated carbocycles. The highest BCUT2D eigenvalue weighted by atomic mass is 35.5. The van der Waals surface area contributed by atoms with Crippen LogP contribution in [0, 0.1) is 13.8 Å². The van der Waals surface area contributed by atoms with Crippen molar-refractivity contribution >= 4 is 12.4 Å². The highest BCUT2D eigenvalue weighted by molar-refractivity contribution is 5.85. The van der Waals surface area contributed by atoms with Crippen LogP contribution in [0.4, 0.5) is 0 Å². The van der Waals surface area contributed by atoms with Gasteiger partial charge in [-0.25, -0.2) is 15.0 Å². The molecule has 0 aliphatic carbocycles. The number of nitrogens with zero attached hydrogens (tertiary/aromatic N) is 3. The predicted octanol–water partition coefficient (Wildman–Crippen LogP) is 1.07. The van der Waals surface area contributed by atoms with Gasteiger partial charge in [0.15, 0.2) is 0 Å². The van der Waals surface area contributed by atoms with Crippen LogP contribution in [-0.4, -0.2) is 15.0 Å². The Hall–Kier alpha value is -0.740. The Labute approximate surface area is 66.1 Å². The van der Waals surface area contributed by atoms with Crippen molar-refractivity contribution in [3.8, 4) is 0 Å². The van der Waals surface area contributed by atoms with Crippen molar-refractivity contribution in [2.45, 2.75) is 13.8 Å². The summed E-state index contributed by atoms with van der Waals surface area (Å²) in [6.07, 6.45) is 1.51. The second-order valence-electron chi connectivity index (χ2n) is 1.58. The quantitative estimate of drug-likeness (QED) is 0.620. The van der Waals surface area contributed by atoms with Crippen molar-refractivity contribution in [1.29, 1.82) is 0 Å². The largest absolute Gasteiger partial charge is 0.344 e. The molecule has 0 bridgehead atoms. The van der Waals surface area contributed by atoms with Crippen molar-refractivity contribution in [1.82, 2.24) is 21.1 Å². The normalized spacial score (nSPS) is 7.40. The number of aromatic nitrogens is 3. The molecule has 1 rings (SSSR count). The van der Waals surface area contributed by atoms with E-state index in [4.69, 9.17) is 0 Å². The second kappa shape index (κ2) is 5.08. The van der Waals surface area contributed by atoms with Crippen molar-refractivity contribution in [3.63, 3.8) is 0 Å². The van der Waals surface area contributed by atoms with Crippen LogP contribution in [0.2, 0.25) is 0 Å². The molecular weight excluding hydrogens is 152 g/mol. The SMILES string of the molecule is Cc1ncnc(C)n1.Cl.N. The maximum absolute atomic E-state index is 3.95. The van der Waals surface area contributed by atoms with Crippen LogP contribution in [0.15, 0.2) is 6.33 Å². The third-order valence-electron chi connectivity index (χ3n) is 0.813. The second-order valence-corrected chi connectivity index (χ2v) is 1.58. The van der Waals surface area contributed by atoms with Crippen LogP contribution in [0.5, 0.6) is 0 Å². The van der Waals surface area contributed by atoms with Gasteiger partial charge >= 0.3 is 0 Å². The summed E-state index contributed by atoms with van der Waals surface area (Å²) in [6, 6.07) is 0. The van der Waals surface area contributed by atoms with E-state index < -0.39 is 0 Å². The minimum atomic E-state index is 0. The van der Waals surface area contributed by atoms with E-state index in [0.717, 1.165) is 11.6 Å². The number of hydrogen-bond donors (Lipinski definition) is 1. The van der Waals surface area contributed by atoms with Gasteiger partial charge in [0.25, 0.3) is 0 Å². The molecule has 4 nitrogen and oxygen atoms in total. The van der Waals surface area contributed by atoms with E-state index in [-0.39, 0.29) is 18.6 Å². The van der Waals surface area contributed by atoms with Crippen molar-refractivity contribution in [2.75, 3.05) is 0 Å². The van der Waals surface area contributed by atoms with Crippen LogP contribution in [-0.2, 0) is 0 Å². The summed E-state index contributed by atoms with van der Waals surface area (Å²) in [5, 5.41) is 0. The number of aryl methyl sites for hydroxylation is 2. The van der Waals surface area contributed by atoms with Crippen molar-refractivity contribution in [3.05, 3.63) is 18.0 Å².